The first-order valence-electron chi connectivity index (χ1n) is 10.1. The summed E-state index contributed by atoms with van der Waals surface area (Å²) in [5.41, 5.74) is -0.0512. The molecule has 1 amide bonds. The van der Waals surface area contributed by atoms with Gasteiger partial charge in [-0.25, -0.2) is 18.2 Å². The summed E-state index contributed by atoms with van der Waals surface area (Å²) in [6.45, 7) is 4.87. The summed E-state index contributed by atoms with van der Waals surface area (Å²) in [6, 6.07) is 4.58. The summed E-state index contributed by atoms with van der Waals surface area (Å²) < 4.78 is 29.0. The van der Waals surface area contributed by atoms with Gasteiger partial charge in [-0.15, -0.1) is 0 Å². The normalized spacial score (nSPS) is 18.1. The van der Waals surface area contributed by atoms with Gasteiger partial charge in [-0.05, 0) is 44.4 Å². The lowest BCUT2D eigenvalue weighted by atomic mass is 10.1. The zero-order valence-corrected chi connectivity index (χ0v) is 17.7. The Hall–Kier alpha value is -2.26. The van der Waals surface area contributed by atoms with Crippen LogP contribution in [0.4, 0.5) is 0 Å². The molecular weight excluding hydrogens is 392 g/mol. The topological polar surface area (TPSA) is 101 Å². The first kappa shape index (κ1) is 21.4. The largest absolute Gasteiger partial charge is 0.355 e. The van der Waals surface area contributed by atoms with Crippen molar-refractivity contribution in [3.8, 4) is 0 Å². The van der Waals surface area contributed by atoms with Gasteiger partial charge in [0.05, 0.1) is 10.4 Å². The summed E-state index contributed by atoms with van der Waals surface area (Å²) in [4.78, 5) is 28.4. The van der Waals surface area contributed by atoms with E-state index < -0.39 is 15.7 Å². The molecule has 8 nitrogen and oxygen atoms in total. The summed E-state index contributed by atoms with van der Waals surface area (Å²) in [6.07, 6.45) is 5.92. The molecule has 0 spiro atoms. The molecule has 0 saturated carbocycles. The maximum Gasteiger partial charge on any atom is 0.348 e. The third-order valence-electron chi connectivity index (χ3n) is 5.34. The van der Waals surface area contributed by atoms with Gasteiger partial charge in [0, 0.05) is 30.7 Å². The zero-order valence-electron chi connectivity index (χ0n) is 16.9. The van der Waals surface area contributed by atoms with Crippen molar-refractivity contribution in [1.29, 1.82) is 0 Å². The number of nitrogens with zero attached hydrogens (tertiary/aromatic N) is 3. The van der Waals surface area contributed by atoms with Crippen LogP contribution in [0.25, 0.3) is 10.9 Å². The molecule has 158 valence electrons. The fourth-order valence-electron chi connectivity index (χ4n) is 3.66. The predicted octanol–water partition coefficient (Wildman–Crippen LogP) is 1.88. The Kier molecular flexibility index (Phi) is 6.69. The zero-order chi connectivity index (χ0) is 21.0. The molecule has 1 N–H and O–H groups in total. The van der Waals surface area contributed by atoms with Gasteiger partial charge in [0.25, 0.3) is 0 Å². The third kappa shape index (κ3) is 4.67. The number of sulfonamides is 1. The molecule has 9 heteroatoms. The first-order chi connectivity index (χ1) is 13.8. The van der Waals surface area contributed by atoms with E-state index in [1.807, 2.05) is 13.8 Å². The van der Waals surface area contributed by atoms with Gasteiger partial charge in [0.15, 0.2) is 0 Å². The number of rotatable bonds is 7. The fourth-order valence-corrected chi connectivity index (χ4v) is 5.40. The number of aromatic nitrogens is 2. The molecule has 2 heterocycles. The second-order valence-electron chi connectivity index (χ2n) is 7.51. The molecule has 0 aliphatic carbocycles. The Labute approximate surface area is 171 Å². The van der Waals surface area contributed by atoms with E-state index in [4.69, 9.17) is 0 Å². The Morgan fingerprint density at radius 1 is 1.31 bits per heavy atom. The van der Waals surface area contributed by atoms with Crippen LogP contribution in [0.15, 0.2) is 34.1 Å². The highest BCUT2D eigenvalue weighted by Gasteiger charge is 2.31. The van der Waals surface area contributed by atoms with Crippen molar-refractivity contribution < 1.29 is 13.2 Å². The molecule has 2 aromatic rings. The monoisotopic (exact) mass is 420 g/mol. The summed E-state index contributed by atoms with van der Waals surface area (Å²) in [7, 11) is -3.62. The van der Waals surface area contributed by atoms with Crippen molar-refractivity contribution in [2.24, 2.45) is 0 Å². The van der Waals surface area contributed by atoms with Crippen LogP contribution in [0.1, 0.15) is 46.0 Å². The Morgan fingerprint density at radius 2 is 2.10 bits per heavy atom. The molecular formula is C20H28N4O4S. The van der Waals surface area contributed by atoms with Crippen LogP contribution in [0, 0.1) is 0 Å². The maximum atomic E-state index is 13.1. The van der Waals surface area contributed by atoms with Crippen molar-refractivity contribution in [3.05, 3.63) is 34.9 Å². The van der Waals surface area contributed by atoms with E-state index in [-0.39, 0.29) is 23.4 Å². The average Bonchev–Trinajstić information content (AvgIpc) is 2.70. The molecule has 29 heavy (non-hydrogen) atoms. The molecule has 1 unspecified atom stereocenters. The minimum Gasteiger partial charge on any atom is -0.355 e. The molecule has 1 aliphatic rings. The number of amides is 1. The lowest BCUT2D eigenvalue weighted by Crippen LogP contribution is -2.41. The van der Waals surface area contributed by atoms with Gasteiger partial charge in [0.2, 0.25) is 15.9 Å². The van der Waals surface area contributed by atoms with E-state index in [2.05, 4.69) is 10.3 Å². The molecule has 1 fully saturated rings. The lowest BCUT2D eigenvalue weighted by molar-refractivity contribution is -0.121. The van der Waals surface area contributed by atoms with Gasteiger partial charge in [-0.1, -0.05) is 19.8 Å². The number of unbranched alkanes of at least 4 members (excludes halogenated alkanes) is 1. The molecule has 1 aromatic carbocycles. The van der Waals surface area contributed by atoms with E-state index >= 15 is 0 Å². The summed E-state index contributed by atoms with van der Waals surface area (Å²) >= 11 is 0. The van der Waals surface area contributed by atoms with Crippen LogP contribution < -0.4 is 11.0 Å². The van der Waals surface area contributed by atoms with E-state index in [0.717, 1.165) is 32.1 Å². The molecule has 1 atom stereocenters. The summed E-state index contributed by atoms with van der Waals surface area (Å²) in [5.74, 6) is -0.270. The van der Waals surface area contributed by atoms with Gasteiger partial charge >= 0.3 is 5.69 Å². The van der Waals surface area contributed by atoms with Crippen molar-refractivity contribution >= 4 is 26.8 Å². The van der Waals surface area contributed by atoms with Gasteiger partial charge in [0.1, 0.15) is 6.54 Å². The molecule has 0 radical (unpaired) electrons. The van der Waals surface area contributed by atoms with Crippen LogP contribution in [0.2, 0.25) is 0 Å². The quantitative estimate of drug-likeness (QED) is 0.689. The molecule has 1 aromatic heterocycles. The number of hydrogen-bond acceptors (Lipinski definition) is 5. The number of benzene rings is 1. The highest BCUT2D eigenvalue weighted by atomic mass is 32.2. The summed E-state index contributed by atoms with van der Waals surface area (Å²) in [5, 5.41) is 3.29. The molecule has 1 aliphatic heterocycles. The molecule has 1 saturated heterocycles. The number of piperidine rings is 1. The van der Waals surface area contributed by atoms with Crippen molar-refractivity contribution in [2.75, 3.05) is 13.1 Å². The highest BCUT2D eigenvalue weighted by molar-refractivity contribution is 7.89. The molecule has 3 rings (SSSR count). The number of nitrogens with one attached hydrogen (secondary N) is 1. The van der Waals surface area contributed by atoms with Crippen LogP contribution in [-0.4, -0.2) is 47.3 Å². The number of hydrogen-bond donors (Lipinski definition) is 1. The number of carbonyl (C=O) groups excluding carboxylic acids is 1. The van der Waals surface area contributed by atoms with E-state index in [1.165, 1.54) is 22.9 Å². The first-order valence-corrected chi connectivity index (χ1v) is 11.6. The SMILES string of the molecule is CCCCNC(=O)Cn1c(=O)ncc2cc(S(=O)(=O)N3CCCCC3C)ccc21. The average molecular weight is 421 g/mol. The Balaban J connectivity index is 1.92. The maximum absolute atomic E-state index is 13.1. The fraction of sp³-hybridized carbons (Fsp3) is 0.550. The van der Waals surface area contributed by atoms with Crippen LogP contribution in [0.5, 0.6) is 0 Å². The van der Waals surface area contributed by atoms with Crippen molar-refractivity contribution in [2.45, 2.75) is 63.4 Å². The second-order valence-corrected chi connectivity index (χ2v) is 9.40. The van der Waals surface area contributed by atoms with Crippen LogP contribution in [0.3, 0.4) is 0 Å². The lowest BCUT2D eigenvalue weighted by Gasteiger charge is -2.32. The smallest absolute Gasteiger partial charge is 0.348 e. The Morgan fingerprint density at radius 3 is 2.83 bits per heavy atom. The van der Waals surface area contributed by atoms with Crippen LogP contribution >= 0.6 is 0 Å². The van der Waals surface area contributed by atoms with Gasteiger partial charge in [-0.2, -0.15) is 4.31 Å². The van der Waals surface area contributed by atoms with E-state index in [0.29, 0.717) is 24.0 Å². The van der Waals surface area contributed by atoms with Crippen LogP contribution in [-0.2, 0) is 21.4 Å². The van der Waals surface area contributed by atoms with Gasteiger partial charge in [-0.3, -0.25) is 9.36 Å². The minimum absolute atomic E-state index is 0.0386. The van der Waals surface area contributed by atoms with Crippen molar-refractivity contribution in [1.82, 2.24) is 19.2 Å². The van der Waals surface area contributed by atoms with Crippen molar-refractivity contribution in [3.63, 3.8) is 0 Å². The number of fused-ring (bicyclic) bond motifs is 1. The van der Waals surface area contributed by atoms with E-state index in [1.54, 1.807) is 10.4 Å². The Bertz CT molecular complexity index is 1050. The highest BCUT2D eigenvalue weighted by Crippen LogP contribution is 2.26. The predicted molar refractivity (Wildman–Crippen MR) is 111 cm³/mol. The van der Waals surface area contributed by atoms with Gasteiger partial charge < -0.3 is 5.32 Å². The standard InChI is InChI=1S/C20H28N4O4S/c1-3-4-10-21-19(25)14-23-18-9-8-17(12-16(18)13-22-20(23)26)29(27,28)24-11-6-5-7-15(24)2/h8-9,12-13,15H,3-7,10-11,14H2,1-2H3,(H,21,25). The minimum atomic E-state index is -3.62. The molecule has 0 bridgehead atoms. The third-order valence-corrected chi connectivity index (χ3v) is 7.35. The number of carbonyl (C=O) groups is 1. The van der Waals surface area contributed by atoms with E-state index in [9.17, 15) is 18.0 Å². The second kappa shape index (κ2) is 9.04.